The highest BCUT2D eigenvalue weighted by Gasteiger charge is 2.45. The SMILES string of the molecule is Nc1ccc(-c2ccc(OC(F)F)cc2)nc1CC(=O)N1CC2(CCOCC2)C1. The average molecular weight is 403 g/mol. The summed E-state index contributed by atoms with van der Waals surface area (Å²) in [6.45, 7) is 0.190. The first-order chi connectivity index (χ1) is 13.9. The van der Waals surface area contributed by atoms with Gasteiger partial charge in [-0.25, -0.2) is 0 Å². The highest BCUT2D eigenvalue weighted by Crippen LogP contribution is 2.40. The number of pyridine rings is 1. The zero-order valence-electron chi connectivity index (χ0n) is 15.9. The van der Waals surface area contributed by atoms with Crippen molar-refractivity contribution in [3.05, 3.63) is 42.1 Å². The number of nitrogen functional groups attached to an aromatic ring is 1. The molecule has 2 aliphatic heterocycles. The fourth-order valence-electron chi connectivity index (χ4n) is 3.94. The molecule has 29 heavy (non-hydrogen) atoms. The fourth-order valence-corrected chi connectivity index (χ4v) is 3.94. The van der Waals surface area contributed by atoms with Crippen molar-refractivity contribution in [1.82, 2.24) is 9.88 Å². The van der Waals surface area contributed by atoms with Gasteiger partial charge in [0.15, 0.2) is 0 Å². The van der Waals surface area contributed by atoms with Gasteiger partial charge in [-0.3, -0.25) is 9.78 Å². The molecule has 0 radical (unpaired) electrons. The molecule has 0 bridgehead atoms. The Bertz CT molecular complexity index is 875. The number of likely N-dealkylation sites (tertiary alicyclic amines) is 1. The summed E-state index contributed by atoms with van der Waals surface area (Å²) in [5, 5.41) is 0. The Morgan fingerprint density at radius 2 is 1.86 bits per heavy atom. The molecule has 2 aromatic rings. The first-order valence-corrected chi connectivity index (χ1v) is 9.60. The first-order valence-electron chi connectivity index (χ1n) is 9.60. The molecule has 1 amide bonds. The lowest BCUT2D eigenvalue weighted by Crippen LogP contribution is -2.60. The number of alkyl halides is 2. The quantitative estimate of drug-likeness (QED) is 0.830. The van der Waals surface area contributed by atoms with Crippen LogP contribution < -0.4 is 10.5 Å². The van der Waals surface area contributed by atoms with Crippen LogP contribution in [0, 0.1) is 5.41 Å². The van der Waals surface area contributed by atoms with E-state index in [1.807, 2.05) is 4.90 Å². The van der Waals surface area contributed by atoms with Crippen molar-refractivity contribution in [1.29, 1.82) is 0 Å². The highest BCUT2D eigenvalue weighted by atomic mass is 19.3. The maximum absolute atomic E-state index is 12.7. The molecule has 6 nitrogen and oxygen atoms in total. The smallest absolute Gasteiger partial charge is 0.387 e. The number of benzene rings is 1. The number of carbonyl (C=O) groups excluding carboxylic acids is 1. The zero-order chi connectivity index (χ0) is 20.4. The summed E-state index contributed by atoms with van der Waals surface area (Å²) in [6, 6.07) is 9.66. The summed E-state index contributed by atoms with van der Waals surface area (Å²) in [5.41, 5.74) is 8.59. The van der Waals surface area contributed by atoms with Gasteiger partial charge < -0.3 is 20.1 Å². The molecule has 0 unspecified atom stereocenters. The normalized spacial score (nSPS) is 18.0. The van der Waals surface area contributed by atoms with Crippen molar-refractivity contribution in [2.24, 2.45) is 5.41 Å². The number of rotatable bonds is 5. The van der Waals surface area contributed by atoms with Crippen molar-refractivity contribution >= 4 is 11.6 Å². The molecular weight excluding hydrogens is 380 g/mol. The van der Waals surface area contributed by atoms with Crippen LogP contribution in [0.25, 0.3) is 11.3 Å². The Hall–Kier alpha value is -2.74. The molecule has 0 aliphatic carbocycles. The van der Waals surface area contributed by atoms with E-state index >= 15 is 0 Å². The third-order valence-electron chi connectivity index (χ3n) is 5.66. The number of halogens is 2. The van der Waals surface area contributed by atoms with Crippen LogP contribution in [-0.2, 0) is 16.0 Å². The largest absolute Gasteiger partial charge is 0.435 e. The standard InChI is InChI=1S/C21H23F2N3O3/c22-20(23)29-15-3-1-14(2-4-15)17-6-5-16(24)18(25-17)11-19(27)26-12-21(13-26)7-9-28-10-8-21/h1-6,20H,7-13,24H2. The predicted molar refractivity (Wildman–Crippen MR) is 103 cm³/mol. The van der Waals surface area contributed by atoms with Crippen LogP contribution in [0.1, 0.15) is 18.5 Å². The minimum atomic E-state index is -2.87. The van der Waals surface area contributed by atoms with Gasteiger partial charge in [0.05, 0.1) is 23.5 Å². The second-order valence-electron chi connectivity index (χ2n) is 7.67. The number of nitrogens with zero attached hydrogens (tertiary/aromatic N) is 2. The Labute approximate surface area is 167 Å². The maximum Gasteiger partial charge on any atom is 0.387 e. The number of carbonyl (C=O) groups is 1. The van der Waals surface area contributed by atoms with Crippen LogP contribution in [0.2, 0.25) is 0 Å². The molecule has 8 heteroatoms. The third-order valence-corrected chi connectivity index (χ3v) is 5.66. The lowest BCUT2D eigenvalue weighted by molar-refractivity contribution is -0.149. The lowest BCUT2D eigenvalue weighted by atomic mass is 9.73. The van der Waals surface area contributed by atoms with Gasteiger partial charge in [-0.15, -0.1) is 0 Å². The van der Waals surface area contributed by atoms with Crippen LogP contribution in [0.4, 0.5) is 14.5 Å². The molecule has 3 heterocycles. The summed E-state index contributed by atoms with van der Waals surface area (Å²) >= 11 is 0. The molecule has 1 aromatic heterocycles. The van der Waals surface area contributed by atoms with Crippen LogP contribution in [0.5, 0.6) is 5.75 Å². The van der Waals surface area contributed by atoms with Gasteiger partial charge in [0, 0.05) is 37.3 Å². The second-order valence-corrected chi connectivity index (χ2v) is 7.67. The molecule has 154 valence electrons. The van der Waals surface area contributed by atoms with Gasteiger partial charge in [-0.05, 0) is 49.2 Å². The molecule has 1 aromatic carbocycles. The zero-order valence-corrected chi connectivity index (χ0v) is 15.9. The van der Waals surface area contributed by atoms with E-state index in [-0.39, 0.29) is 23.5 Å². The Balaban J connectivity index is 1.42. The fraction of sp³-hybridized carbons (Fsp3) is 0.429. The van der Waals surface area contributed by atoms with Gasteiger partial charge >= 0.3 is 6.61 Å². The molecule has 2 saturated heterocycles. The molecule has 2 fully saturated rings. The second kappa shape index (κ2) is 7.94. The van der Waals surface area contributed by atoms with Crippen LogP contribution in [0.3, 0.4) is 0 Å². The summed E-state index contributed by atoms with van der Waals surface area (Å²) in [4.78, 5) is 19.1. The van der Waals surface area contributed by atoms with E-state index in [1.165, 1.54) is 12.1 Å². The molecule has 2 N–H and O–H groups in total. The summed E-state index contributed by atoms with van der Waals surface area (Å²) in [7, 11) is 0. The first kappa shape index (κ1) is 19.6. The number of anilines is 1. The van der Waals surface area contributed by atoms with Crippen LogP contribution >= 0.6 is 0 Å². The monoisotopic (exact) mass is 403 g/mol. The van der Waals surface area contributed by atoms with Crippen molar-refractivity contribution in [3.8, 4) is 17.0 Å². The Morgan fingerprint density at radius 1 is 1.17 bits per heavy atom. The van der Waals surface area contributed by atoms with E-state index in [4.69, 9.17) is 10.5 Å². The van der Waals surface area contributed by atoms with Gasteiger partial charge in [-0.1, -0.05) is 0 Å². The summed E-state index contributed by atoms with van der Waals surface area (Å²) < 4.78 is 34.4. The Kier molecular flexibility index (Phi) is 5.36. The summed E-state index contributed by atoms with van der Waals surface area (Å²) in [6.07, 6.45) is 2.13. The average Bonchev–Trinajstić information content (AvgIpc) is 2.68. The molecule has 2 aliphatic rings. The van der Waals surface area contributed by atoms with Crippen molar-refractivity contribution in [2.75, 3.05) is 32.0 Å². The van der Waals surface area contributed by atoms with Gasteiger partial charge in [-0.2, -0.15) is 8.78 Å². The number of hydrogen-bond acceptors (Lipinski definition) is 5. The van der Waals surface area contributed by atoms with Crippen LogP contribution in [-0.4, -0.2) is 48.7 Å². The van der Waals surface area contributed by atoms with E-state index in [1.54, 1.807) is 24.3 Å². The topological polar surface area (TPSA) is 77.7 Å². The maximum atomic E-state index is 12.7. The van der Waals surface area contributed by atoms with Crippen molar-refractivity contribution in [3.63, 3.8) is 0 Å². The number of hydrogen-bond donors (Lipinski definition) is 1. The number of ether oxygens (including phenoxy) is 2. The molecular formula is C21H23F2N3O3. The summed E-state index contributed by atoms with van der Waals surface area (Å²) in [5.74, 6) is 0.0913. The highest BCUT2D eigenvalue weighted by molar-refractivity contribution is 5.81. The molecule has 0 atom stereocenters. The number of amides is 1. The molecule has 4 rings (SSSR count). The number of aromatic nitrogens is 1. The van der Waals surface area contributed by atoms with Crippen LogP contribution in [0.15, 0.2) is 36.4 Å². The van der Waals surface area contributed by atoms with E-state index in [0.717, 1.165) is 44.7 Å². The van der Waals surface area contributed by atoms with E-state index in [2.05, 4.69) is 9.72 Å². The van der Waals surface area contributed by atoms with Crippen molar-refractivity contribution < 1.29 is 23.0 Å². The molecule has 0 saturated carbocycles. The minimum absolute atomic E-state index is 0.0131. The Morgan fingerprint density at radius 3 is 2.52 bits per heavy atom. The van der Waals surface area contributed by atoms with E-state index < -0.39 is 6.61 Å². The van der Waals surface area contributed by atoms with E-state index in [0.29, 0.717) is 17.1 Å². The third kappa shape index (κ3) is 4.32. The molecule has 1 spiro atoms. The predicted octanol–water partition coefficient (Wildman–Crippen LogP) is 3.11. The van der Waals surface area contributed by atoms with Gasteiger partial charge in [0.1, 0.15) is 5.75 Å². The number of nitrogens with two attached hydrogens (primary N) is 1. The van der Waals surface area contributed by atoms with E-state index in [9.17, 15) is 13.6 Å². The lowest BCUT2D eigenvalue weighted by Gasteiger charge is -2.52. The minimum Gasteiger partial charge on any atom is -0.435 e. The van der Waals surface area contributed by atoms with Crippen molar-refractivity contribution in [2.45, 2.75) is 25.9 Å². The van der Waals surface area contributed by atoms with Gasteiger partial charge in [0.2, 0.25) is 5.91 Å². The van der Waals surface area contributed by atoms with Gasteiger partial charge in [0.25, 0.3) is 0 Å².